The van der Waals surface area contributed by atoms with E-state index >= 15 is 0 Å². The van der Waals surface area contributed by atoms with Crippen molar-refractivity contribution in [1.82, 2.24) is 4.57 Å². The molecule has 0 unspecified atom stereocenters. The van der Waals surface area contributed by atoms with Crippen molar-refractivity contribution in [3.05, 3.63) is 18.7 Å². The lowest BCUT2D eigenvalue weighted by Crippen LogP contribution is -3.00. The van der Waals surface area contributed by atoms with Gasteiger partial charge in [0.15, 0.2) is 0 Å². The molecule has 0 atom stereocenters. The highest BCUT2D eigenvalue weighted by atomic mass is 79.9. The summed E-state index contributed by atoms with van der Waals surface area (Å²) in [4.78, 5) is 0. The van der Waals surface area contributed by atoms with Gasteiger partial charge in [0.2, 0.25) is 6.33 Å². The van der Waals surface area contributed by atoms with Gasteiger partial charge >= 0.3 is 0 Å². The van der Waals surface area contributed by atoms with Gasteiger partial charge in [-0.2, -0.15) is 0 Å². The number of aromatic nitrogens is 2. The molecule has 1 rings (SSSR count). The van der Waals surface area contributed by atoms with Gasteiger partial charge in [-0.25, -0.2) is 9.13 Å². The van der Waals surface area contributed by atoms with Crippen LogP contribution < -0.4 is 21.5 Å². The van der Waals surface area contributed by atoms with Gasteiger partial charge in [-0.05, 0) is 6.92 Å². The molecule has 0 aliphatic carbocycles. The first-order valence-corrected chi connectivity index (χ1v) is 3.41. The van der Waals surface area contributed by atoms with Crippen molar-refractivity contribution in [3.8, 4) is 0 Å². The summed E-state index contributed by atoms with van der Waals surface area (Å²) in [6.45, 7) is 2.41. The van der Waals surface area contributed by atoms with E-state index in [1.54, 1.807) is 6.92 Å². The van der Waals surface area contributed by atoms with Crippen LogP contribution in [0.4, 0.5) is 0 Å². The summed E-state index contributed by atoms with van der Waals surface area (Å²) in [6.07, 6.45) is 5.79. The summed E-state index contributed by atoms with van der Waals surface area (Å²) in [5.41, 5.74) is 0.696. The SMILES string of the molecule is C/C(Cn1cc[n+](C)c1)=N\O.[Br-]. The number of nitrogens with zero attached hydrogens (tertiary/aromatic N) is 3. The van der Waals surface area contributed by atoms with Crippen LogP contribution in [0, 0.1) is 0 Å². The van der Waals surface area contributed by atoms with E-state index in [2.05, 4.69) is 5.16 Å². The highest BCUT2D eigenvalue weighted by Crippen LogP contribution is 1.85. The van der Waals surface area contributed by atoms with Crippen LogP contribution >= 0.6 is 0 Å². The molecule has 1 aromatic heterocycles. The van der Waals surface area contributed by atoms with Gasteiger partial charge in [0.05, 0.1) is 12.8 Å². The van der Waals surface area contributed by atoms with Gasteiger partial charge in [-0.3, -0.25) is 0 Å². The van der Waals surface area contributed by atoms with Crippen molar-refractivity contribution in [2.45, 2.75) is 13.5 Å². The number of imidazole rings is 1. The molecule has 0 aliphatic rings. The van der Waals surface area contributed by atoms with Crippen molar-refractivity contribution in [1.29, 1.82) is 0 Å². The number of oxime groups is 1. The van der Waals surface area contributed by atoms with E-state index in [4.69, 9.17) is 5.21 Å². The second kappa shape index (κ2) is 4.92. The van der Waals surface area contributed by atoms with Crippen molar-refractivity contribution < 1.29 is 26.8 Å². The zero-order valence-electron chi connectivity index (χ0n) is 7.11. The molecule has 1 N–H and O–H groups in total. The van der Waals surface area contributed by atoms with Gasteiger partial charge in [-0.15, -0.1) is 0 Å². The van der Waals surface area contributed by atoms with E-state index in [-0.39, 0.29) is 17.0 Å². The second-order valence-corrected chi connectivity index (χ2v) is 2.59. The Morgan fingerprint density at radius 3 is 2.75 bits per heavy atom. The van der Waals surface area contributed by atoms with Crippen LogP contribution in [0.15, 0.2) is 23.9 Å². The lowest BCUT2D eigenvalue weighted by atomic mass is 10.4. The molecule has 0 saturated heterocycles. The topological polar surface area (TPSA) is 41.4 Å². The average Bonchev–Trinajstić information content (AvgIpc) is 2.35. The minimum Gasteiger partial charge on any atom is -1.00 e. The van der Waals surface area contributed by atoms with Gasteiger partial charge in [0, 0.05) is 0 Å². The molecular weight excluding hydrogens is 222 g/mol. The van der Waals surface area contributed by atoms with Crippen molar-refractivity contribution in [3.63, 3.8) is 0 Å². The zero-order valence-corrected chi connectivity index (χ0v) is 8.69. The number of halogens is 1. The maximum absolute atomic E-state index is 8.37. The molecule has 5 heteroatoms. The van der Waals surface area contributed by atoms with Gasteiger partial charge in [0.1, 0.15) is 18.9 Å². The zero-order chi connectivity index (χ0) is 8.27. The number of rotatable bonds is 2. The van der Waals surface area contributed by atoms with Crippen molar-refractivity contribution in [2.24, 2.45) is 12.2 Å². The first-order valence-electron chi connectivity index (χ1n) is 3.41. The summed E-state index contributed by atoms with van der Waals surface area (Å²) >= 11 is 0. The molecule has 0 radical (unpaired) electrons. The lowest BCUT2D eigenvalue weighted by molar-refractivity contribution is -0.671. The fraction of sp³-hybridized carbons (Fsp3) is 0.429. The Hall–Kier alpha value is -0.840. The molecule has 1 heterocycles. The molecule has 0 aromatic carbocycles. The summed E-state index contributed by atoms with van der Waals surface area (Å²) in [5.74, 6) is 0. The van der Waals surface area contributed by atoms with E-state index in [1.165, 1.54) is 0 Å². The molecule has 4 nitrogen and oxygen atoms in total. The van der Waals surface area contributed by atoms with E-state index < -0.39 is 0 Å². The number of hydrogen-bond donors (Lipinski definition) is 1. The maximum atomic E-state index is 8.37. The summed E-state index contributed by atoms with van der Waals surface area (Å²) in [6, 6.07) is 0. The van der Waals surface area contributed by atoms with Crippen LogP contribution in [0.25, 0.3) is 0 Å². The highest BCUT2D eigenvalue weighted by molar-refractivity contribution is 5.80. The minimum absolute atomic E-state index is 0. The first-order chi connectivity index (χ1) is 5.22. The van der Waals surface area contributed by atoms with Crippen molar-refractivity contribution in [2.75, 3.05) is 0 Å². The molecular formula is C7H12BrN3O. The monoisotopic (exact) mass is 233 g/mol. The average molecular weight is 234 g/mol. The van der Waals surface area contributed by atoms with Crippen LogP contribution in [0.3, 0.4) is 0 Å². The van der Waals surface area contributed by atoms with Gasteiger partial charge < -0.3 is 22.2 Å². The second-order valence-electron chi connectivity index (χ2n) is 2.59. The molecule has 0 amide bonds. The molecule has 0 fully saturated rings. The fourth-order valence-corrected chi connectivity index (χ4v) is 0.891. The highest BCUT2D eigenvalue weighted by Gasteiger charge is 2.00. The number of hydrogen-bond acceptors (Lipinski definition) is 2. The number of aryl methyl sites for hydroxylation is 1. The van der Waals surface area contributed by atoms with Crippen LogP contribution in [0.5, 0.6) is 0 Å². The summed E-state index contributed by atoms with van der Waals surface area (Å²) < 4.78 is 3.87. The van der Waals surface area contributed by atoms with E-state index in [9.17, 15) is 0 Å². The Morgan fingerprint density at radius 1 is 1.67 bits per heavy atom. The van der Waals surface area contributed by atoms with Gasteiger partial charge in [0.25, 0.3) is 0 Å². The predicted molar refractivity (Wildman–Crippen MR) is 40.5 cm³/mol. The largest absolute Gasteiger partial charge is 1.00 e. The molecule has 1 aromatic rings. The molecule has 12 heavy (non-hydrogen) atoms. The Kier molecular flexibility index (Phi) is 4.58. The van der Waals surface area contributed by atoms with Gasteiger partial charge in [-0.1, -0.05) is 5.16 Å². The summed E-state index contributed by atoms with van der Waals surface area (Å²) in [5, 5.41) is 11.5. The molecule has 0 spiro atoms. The minimum atomic E-state index is 0. The molecule has 68 valence electrons. The third-order valence-corrected chi connectivity index (χ3v) is 1.41. The first kappa shape index (κ1) is 11.2. The third kappa shape index (κ3) is 3.04. The smallest absolute Gasteiger partial charge is 0.243 e. The Morgan fingerprint density at radius 2 is 2.33 bits per heavy atom. The van der Waals surface area contributed by atoms with Crippen LogP contribution in [0.2, 0.25) is 0 Å². The Balaban J connectivity index is 0.00000121. The normalized spacial score (nSPS) is 11.0. The fourth-order valence-electron chi connectivity index (χ4n) is 0.891. The maximum Gasteiger partial charge on any atom is 0.243 e. The Bertz CT molecular complexity index is 269. The van der Waals surface area contributed by atoms with E-state index in [0.717, 1.165) is 0 Å². The van der Waals surface area contributed by atoms with E-state index in [0.29, 0.717) is 12.3 Å². The lowest BCUT2D eigenvalue weighted by Gasteiger charge is -1.91. The standard InChI is InChI=1S/C7H11N3O.BrH/c1-7(8-11)5-10-4-3-9(2)6-10;/h3-4,6H,5H2,1-2H3;1H/b8-7+;. The van der Waals surface area contributed by atoms with Crippen LogP contribution in [0.1, 0.15) is 6.92 Å². The molecule has 0 aliphatic heterocycles. The molecule has 0 bridgehead atoms. The predicted octanol–water partition coefficient (Wildman–Crippen LogP) is -2.83. The Labute approximate surface area is 81.9 Å². The third-order valence-electron chi connectivity index (χ3n) is 1.41. The molecule has 0 saturated carbocycles. The summed E-state index contributed by atoms with van der Waals surface area (Å²) in [7, 11) is 1.95. The van der Waals surface area contributed by atoms with Crippen LogP contribution in [-0.4, -0.2) is 15.5 Å². The van der Waals surface area contributed by atoms with Crippen LogP contribution in [-0.2, 0) is 13.6 Å². The quantitative estimate of drug-likeness (QED) is 0.255. The van der Waals surface area contributed by atoms with Crippen molar-refractivity contribution >= 4 is 5.71 Å². The van der Waals surface area contributed by atoms with E-state index in [1.807, 2.05) is 34.9 Å².